The third-order valence-electron chi connectivity index (χ3n) is 3.47. The Morgan fingerprint density at radius 2 is 2.41 bits per heavy atom. The van der Waals surface area contributed by atoms with Gasteiger partial charge in [0.05, 0.1) is 0 Å². The maximum absolute atomic E-state index is 5.36. The fourth-order valence-electron chi connectivity index (χ4n) is 2.41. The van der Waals surface area contributed by atoms with Crippen molar-refractivity contribution >= 4 is 11.8 Å². The highest BCUT2D eigenvalue weighted by atomic mass is 15.3. The number of rotatable bonds is 3. The topological polar surface area (TPSA) is 67.1 Å². The zero-order chi connectivity index (χ0) is 12.3. The highest BCUT2D eigenvalue weighted by molar-refractivity contribution is 5.49. The lowest BCUT2D eigenvalue weighted by Gasteiger charge is -2.34. The number of piperidine rings is 1. The van der Waals surface area contributed by atoms with E-state index in [-0.39, 0.29) is 0 Å². The molecule has 94 valence electrons. The zero-order valence-electron chi connectivity index (χ0n) is 10.6. The first kappa shape index (κ1) is 12.1. The van der Waals surface area contributed by atoms with E-state index in [1.54, 1.807) is 0 Å². The summed E-state index contributed by atoms with van der Waals surface area (Å²) < 4.78 is 0. The van der Waals surface area contributed by atoms with Gasteiger partial charge >= 0.3 is 0 Å². The first-order valence-corrected chi connectivity index (χ1v) is 6.29. The Morgan fingerprint density at radius 1 is 1.59 bits per heavy atom. The number of nitrogens with two attached hydrogens (primary N) is 1. The third kappa shape index (κ3) is 2.66. The SMILES string of the molecule is CCC1CCCN(c2nc(NN)ncc2C)C1. The number of nitrogens with zero attached hydrogens (tertiary/aromatic N) is 3. The lowest BCUT2D eigenvalue weighted by molar-refractivity contribution is 0.402. The van der Waals surface area contributed by atoms with E-state index in [1.165, 1.54) is 19.3 Å². The second kappa shape index (κ2) is 5.31. The molecule has 5 nitrogen and oxygen atoms in total. The first-order chi connectivity index (χ1) is 8.24. The molecule has 1 aromatic rings. The molecule has 5 heteroatoms. The van der Waals surface area contributed by atoms with Crippen LogP contribution in [0.15, 0.2) is 6.20 Å². The minimum absolute atomic E-state index is 0.490. The fourth-order valence-corrected chi connectivity index (χ4v) is 2.41. The number of hydrazine groups is 1. The highest BCUT2D eigenvalue weighted by Gasteiger charge is 2.21. The molecule has 0 saturated carbocycles. The molecule has 3 N–H and O–H groups in total. The molecule has 0 radical (unpaired) electrons. The van der Waals surface area contributed by atoms with Crippen molar-refractivity contribution in [2.45, 2.75) is 33.1 Å². The average Bonchev–Trinajstić information content (AvgIpc) is 2.39. The summed E-state index contributed by atoms with van der Waals surface area (Å²) in [7, 11) is 0. The molecule has 1 aromatic heterocycles. The van der Waals surface area contributed by atoms with Crippen LogP contribution in [-0.2, 0) is 0 Å². The maximum atomic E-state index is 5.36. The van der Waals surface area contributed by atoms with Gasteiger partial charge in [-0.05, 0) is 25.7 Å². The summed E-state index contributed by atoms with van der Waals surface area (Å²) in [6.07, 6.45) is 5.64. The number of aryl methyl sites for hydroxylation is 1. The summed E-state index contributed by atoms with van der Waals surface area (Å²) in [6, 6.07) is 0. The van der Waals surface area contributed by atoms with E-state index in [9.17, 15) is 0 Å². The van der Waals surface area contributed by atoms with E-state index in [2.05, 4.69) is 27.2 Å². The van der Waals surface area contributed by atoms with Crippen molar-refractivity contribution in [2.75, 3.05) is 23.4 Å². The van der Waals surface area contributed by atoms with Gasteiger partial charge in [-0.2, -0.15) is 4.98 Å². The lowest BCUT2D eigenvalue weighted by atomic mass is 9.95. The normalized spacial score (nSPS) is 20.4. The van der Waals surface area contributed by atoms with Gasteiger partial charge in [0.25, 0.3) is 0 Å². The van der Waals surface area contributed by atoms with Crippen LogP contribution in [0.1, 0.15) is 31.7 Å². The van der Waals surface area contributed by atoms with Crippen LogP contribution in [0.25, 0.3) is 0 Å². The smallest absolute Gasteiger partial charge is 0.239 e. The van der Waals surface area contributed by atoms with Gasteiger partial charge in [-0.25, -0.2) is 10.8 Å². The molecule has 17 heavy (non-hydrogen) atoms. The van der Waals surface area contributed by atoms with Gasteiger partial charge < -0.3 is 4.90 Å². The quantitative estimate of drug-likeness (QED) is 0.616. The van der Waals surface area contributed by atoms with Crippen LogP contribution < -0.4 is 16.2 Å². The fraction of sp³-hybridized carbons (Fsp3) is 0.667. The van der Waals surface area contributed by atoms with E-state index >= 15 is 0 Å². The molecule has 0 bridgehead atoms. The Labute approximate surface area is 102 Å². The van der Waals surface area contributed by atoms with Gasteiger partial charge in [0.15, 0.2) is 0 Å². The van der Waals surface area contributed by atoms with Crippen LogP contribution >= 0.6 is 0 Å². The van der Waals surface area contributed by atoms with E-state index in [1.807, 2.05) is 13.1 Å². The summed E-state index contributed by atoms with van der Waals surface area (Å²) in [5, 5.41) is 0. The van der Waals surface area contributed by atoms with E-state index in [0.29, 0.717) is 5.95 Å². The summed E-state index contributed by atoms with van der Waals surface area (Å²) >= 11 is 0. The van der Waals surface area contributed by atoms with Gasteiger partial charge in [-0.1, -0.05) is 13.3 Å². The highest BCUT2D eigenvalue weighted by Crippen LogP contribution is 2.25. The monoisotopic (exact) mass is 235 g/mol. The summed E-state index contributed by atoms with van der Waals surface area (Å²) in [6.45, 7) is 6.48. The number of hydrogen-bond acceptors (Lipinski definition) is 5. The summed E-state index contributed by atoms with van der Waals surface area (Å²) in [5.41, 5.74) is 3.62. The van der Waals surface area contributed by atoms with Crippen LogP contribution in [0, 0.1) is 12.8 Å². The Hall–Kier alpha value is -1.36. The number of anilines is 2. The molecule has 0 amide bonds. The number of nitrogens with one attached hydrogen (secondary N) is 1. The standard InChI is InChI=1S/C12H21N5/c1-3-10-5-4-6-17(8-10)11-9(2)7-14-12(15-11)16-13/h7,10H,3-6,8,13H2,1-2H3,(H,14,15,16). The van der Waals surface area contributed by atoms with Crippen LogP contribution in [0.4, 0.5) is 11.8 Å². The lowest BCUT2D eigenvalue weighted by Crippen LogP contribution is -2.36. The van der Waals surface area contributed by atoms with Gasteiger partial charge in [-0.3, -0.25) is 5.43 Å². The molecule has 2 rings (SSSR count). The molecule has 1 saturated heterocycles. The van der Waals surface area contributed by atoms with Gasteiger partial charge in [0, 0.05) is 24.8 Å². The average molecular weight is 235 g/mol. The molecule has 1 unspecified atom stereocenters. The Morgan fingerprint density at radius 3 is 3.12 bits per heavy atom. The molecule has 1 fully saturated rings. The van der Waals surface area contributed by atoms with Gasteiger partial charge in [0.1, 0.15) is 5.82 Å². The number of nitrogen functional groups attached to an aromatic ring is 1. The summed E-state index contributed by atoms with van der Waals surface area (Å²) in [4.78, 5) is 10.9. The minimum Gasteiger partial charge on any atom is -0.356 e. The van der Waals surface area contributed by atoms with Crippen molar-refractivity contribution in [1.29, 1.82) is 0 Å². The second-order valence-corrected chi connectivity index (χ2v) is 4.71. The number of hydrogen-bond donors (Lipinski definition) is 2. The largest absolute Gasteiger partial charge is 0.356 e. The predicted molar refractivity (Wildman–Crippen MR) is 69.8 cm³/mol. The third-order valence-corrected chi connectivity index (χ3v) is 3.47. The Bertz CT molecular complexity index is 379. The predicted octanol–water partition coefficient (Wildman–Crippen LogP) is 1.70. The molecule has 0 spiro atoms. The molecular formula is C12H21N5. The van der Waals surface area contributed by atoms with E-state index in [4.69, 9.17) is 5.84 Å². The van der Waals surface area contributed by atoms with Crippen molar-refractivity contribution in [3.8, 4) is 0 Å². The van der Waals surface area contributed by atoms with Crippen molar-refractivity contribution in [1.82, 2.24) is 9.97 Å². The second-order valence-electron chi connectivity index (χ2n) is 4.71. The van der Waals surface area contributed by atoms with E-state index < -0.39 is 0 Å². The van der Waals surface area contributed by atoms with Crippen molar-refractivity contribution < 1.29 is 0 Å². The van der Waals surface area contributed by atoms with Crippen molar-refractivity contribution in [3.63, 3.8) is 0 Å². The van der Waals surface area contributed by atoms with Gasteiger partial charge in [-0.15, -0.1) is 0 Å². The first-order valence-electron chi connectivity index (χ1n) is 6.29. The van der Waals surface area contributed by atoms with Crippen LogP contribution in [0.2, 0.25) is 0 Å². The molecule has 1 atom stereocenters. The Balaban J connectivity index is 2.20. The maximum Gasteiger partial charge on any atom is 0.239 e. The van der Waals surface area contributed by atoms with Crippen LogP contribution in [0.3, 0.4) is 0 Å². The van der Waals surface area contributed by atoms with Gasteiger partial charge in [0.2, 0.25) is 5.95 Å². The summed E-state index contributed by atoms with van der Waals surface area (Å²) in [5.74, 6) is 7.65. The number of aromatic nitrogens is 2. The molecule has 2 heterocycles. The van der Waals surface area contributed by atoms with Crippen molar-refractivity contribution in [3.05, 3.63) is 11.8 Å². The van der Waals surface area contributed by atoms with Crippen LogP contribution in [-0.4, -0.2) is 23.1 Å². The molecule has 0 aromatic carbocycles. The minimum atomic E-state index is 0.490. The van der Waals surface area contributed by atoms with Crippen LogP contribution in [0.5, 0.6) is 0 Å². The molecular weight excluding hydrogens is 214 g/mol. The molecule has 0 aliphatic carbocycles. The molecule has 1 aliphatic heterocycles. The zero-order valence-corrected chi connectivity index (χ0v) is 10.6. The Kier molecular flexibility index (Phi) is 3.78. The molecule has 1 aliphatic rings. The van der Waals surface area contributed by atoms with E-state index in [0.717, 1.165) is 30.4 Å². The van der Waals surface area contributed by atoms with Crippen molar-refractivity contribution in [2.24, 2.45) is 11.8 Å².